The molecule has 1 N–H and O–H groups in total. The molecule has 0 aromatic heterocycles. The number of hydrogen-bond acceptors (Lipinski definition) is 1. The van der Waals surface area contributed by atoms with E-state index in [1.165, 1.54) is 11.1 Å². The molecular formula is C10H15N. The third-order valence-electron chi connectivity index (χ3n) is 1.97. The van der Waals surface area contributed by atoms with Crippen molar-refractivity contribution in [1.82, 2.24) is 5.32 Å². The molecule has 0 aromatic carbocycles. The van der Waals surface area contributed by atoms with Gasteiger partial charge in [0.2, 0.25) is 0 Å². The Labute approximate surface area is 68.5 Å². The van der Waals surface area contributed by atoms with Crippen molar-refractivity contribution in [2.45, 2.75) is 13.3 Å². The van der Waals surface area contributed by atoms with E-state index >= 15 is 0 Å². The van der Waals surface area contributed by atoms with Crippen LogP contribution in [0.25, 0.3) is 0 Å². The molecule has 0 atom stereocenters. The van der Waals surface area contributed by atoms with Gasteiger partial charge in [0.25, 0.3) is 0 Å². The van der Waals surface area contributed by atoms with Gasteiger partial charge in [0.15, 0.2) is 0 Å². The van der Waals surface area contributed by atoms with Crippen LogP contribution >= 0.6 is 0 Å². The van der Waals surface area contributed by atoms with Crippen molar-refractivity contribution in [3.8, 4) is 0 Å². The van der Waals surface area contributed by atoms with Crippen molar-refractivity contribution in [3.05, 3.63) is 36.0 Å². The van der Waals surface area contributed by atoms with E-state index in [-0.39, 0.29) is 0 Å². The Balaban J connectivity index is 2.71. The molecule has 1 heterocycles. The van der Waals surface area contributed by atoms with Gasteiger partial charge in [0, 0.05) is 6.54 Å². The summed E-state index contributed by atoms with van der Waals surface area (Å²) in [5.41, 5.74) is 2.72. The molecule has 0 unspecified atom stereocenters. The van der Waals surface area contributed by atoms with Crippen LogP contribution in [0.2, 0.25) is 0 Å². The van der Waals surface area contributed by atoms with Gasteiger partial charge in [-0.1, -0.05) is 24.8 Å². The zero-order chi connectivity index (χ0) is 8.10. The van der Waals surface area contributed by atoms with Crippen molar-refractivity contribution in [1.29, 1.82) is 0 Å². The molecule has 1 rings (SSSR count). The van der Waals surface area contributed by atoms with E-state index in [0.29, 0.717) is 0 Å². The third-order valence-corrected chi connectivity index (χ3v) is 1.97. The summed E-state index contributed by atoms with van der Waals surface area (Å²) in [6.07, 6.45) is 7.41. The van der Waals surface area contributed by atoms with Crippen molar-refractivity contribution in [3.63, 3.8) is 0 Å². The fourth-order valence-corrected chi connectivity index (χ4v) is 1.32. The van der Waals surface area contributed by atoms with E-state index in [1.807, 2.05) is 6.08 Å². The van der Waals surface area contributed by atoms with Crippen molar-refractivity contribution < 1.29 is 0 Å². The van der Waals surface area contributed by atoms with Crippen LogP contribution in [0, 0.1) is 0 Å². The van der Waals surface area contributed by atoms with Gasteiger partial charge in [0.05, 0.1) is 0 Å². The first-order valence-corrected chi connectivity index (χ1v) is 4.07. The van der Waals surface area contributed by atoms with Gasteiger partial charge in [-0.05, 0) is 31.0 Å². The van der Waals surface area contributed by atoms with Crippen LogP contribution < -0.4 is 5.32 Å². The zero-order valence-electron chi connectivity index (χ0n) is 7.06. The van der Waals surface area contributed by atoms with Gasteiger partial charge in [-0.25, -0.2) is 0 Å². The van der Waals surface area contributed by atoms with E-state index in [4.69, 9.17) is 0 Å². The highest BCUT2D eigenvalue weighted by molar-refractivity contribution is 5.39. The molecule has 0 spiro atoms. The maximum absolute atomic E-state index is 3.78. The maximum atomic E-state index is 3.78. The van der Waals surface area contributed by atoms with Crippen LogP contribution in [0.4, 0.5) is 0 Å². The van der Waals surface area contributed by atoms with Crippen molar-refractivity contribution in [2.75, 3.05) is 13.1 Å². The van der Waals surface area contributed by atoms with Gasteiger partial charge in [0.1, 0.15) is 0 Å². The Bertz CT molecular complexity index is 199. The number of allylic oxidation sites excluding steroid dienone is 3. The standard InChI is InChI=1S/C10H15N/c1-3-9(4-2)10-5-7-11-8-6-10/h3-5,11H,1,6-8H2,2H3/b9-4+. The monoisotopic (exact) mass is 149 g/mol. The quantitative estimate of drug-likeness (QED) is 0.592. The molecule has 0 aromatic rings. The molecule has 0 bridgehead atoms. The van der Waals surface area contributed by atoms with Gasteiger partial charge in [-0.3, -0.25) is 0 Å². The topological polar surface area (TPSA) is 12.0 Å². The number of nitrogens with one attached hydrogen (secondary N) is 1. The average Bonchev–Trinajstić information content (AvgIpc) is 2.09. The number of rotatable bonds is 2. The fourth-order valence-electron chi connectivity index (χ4n) is 1.32. The normalized spacial score (nSPS) is 19.4. The second-order valence-corrected chi connectivity index (χ2v) is 2.63. The highest BCUT2D eigenvalue weighted by atomic mass is 14.8. The van der Waals surface area contributed by atoms with Crippen LogP contribution in [-0.2, 0) is 0 Å². The van der Waals surface area contributed by atoms with Gasteiger partial charge < -0.3 is 5.32 Å². The highest BCUT2D eigenvalue weighted by Crippen LogP contribution is 2.15. The minimum Gasteiger partial charge on any atom is -0.313 e. The molecule has 0 radical (unpaired) electrons. The Hall–Kier alpha value is -0.820. The fraction of sp³-hybridized carbons (Fsp3) is 0.400. The van der Waals surface area contributed by atoms with Crippen LogP contribution in [-0.4, -0.2) is 13.1 Å². The summed E-state index contributed by atoms with van der Waals surface area (Å²) in [7, 11) is 0. The van der Waals surface area contributed by atoms with Crippen LogP contribution in [0.1, 0.15) is 13.3 Å². The lowest BCUT2D eigenvalue weighted by Crippen LogP contribution is -2.20. The molecule has 1 nitrogen and oxygen atoms in total. The molecule has 0 fully saturated rings. The highest BCUT2D eigenvalue weighted by Gasteiger charge is 2.03. The maximum Gasteiger partial charge on any atom is 0.0140 e. The molecule has 1 aliphatic rings. The SMILES string of the molecule is C=C/C(=C\C)C1=CCNCC1. The molecule has 0 aliphatic carbocycles. The van der Waals surface area contributed by atoms with Gasteiger partial charge in [-0.15, -0.1) is 0 Å². The summed E-state index contributed by atoms with van der Waals surface area (Å²) in [6.45, 7) is 7.93. The third kappa shape index (κ3) is 2.05. The summed E-state index contributed by atoms with van der Waals surface area (Å²) in [5, 5.41) is 3.28. The zero-order valence-corrected chi connectivity index (χ0v) is 7.06. The van der Waals surface area contributed by atoms with Crippen LogP contribution in [0.15, 0.2) is 36.0 Å². The van der Waals surface area contributed by atoms with E-state index in [1.54, 1.807) is 0 Å². The largest absolute Gasteiger partial charge is 0.313 e. The lowest BCUT2D eigenvalue weighted by molar-refractivity contribution is 0.709. The minimum atomic E-state index is 1.00. The first kappa shape index (κ1) is 8.28. The Kier molecular flexibility index (Phi) is 3.12. The minimum absolute atomic E-state index is 1.00. The molecule has 1 heteroatoms. The first-order valence-electron chi connectivity index (χ1n) is 4.07. The Morgan fingerprint density at radius 3 is 3.00 bits per heavy atom. The van der Waals surface area contributed by atoms with E-state index in [9.17, 15) is 0 Å². The first-order chi connectivity index (χ1) is 5.38. The smallest absolute Gasteiger partial charge is 0.0140 e. The Morgan fingerprint density at radius 1 is 1.73 bits per heavy atom. The summed E-state index contributed by atoms with van der Waals surface area (Å²) in [6, 6.07) is 0. The molecule has 0 saturated carbocycles. The molecule has 0 amide bonds. The molecule has 11 heavy (non-hydrogen) atoms. The predicted octanol–water partition coefficient (Wildman–Crippen LogP) is 2.04. The summed E-state index contributed by atoms with van der Waals surface area (Å²) >= 11 is 0. The lowest BCUT2D eigenvalue weighted by atomic mass is 10.0. The molecule has 1 aliphatic heterocycles. The summed E-state index contributed by atoms with van der Waals surface area (Å²) < 4.78 is 0. The summed E-state index contributed by atoms with van der Waals surface area (Å²) in [5.74, 6) is 0. The van der Waals surface area contributed by atoms with E-state index < -0.39 is 0 Å². The van der Waals surface area contributed by atoms with Crippen molar-refractivity contribution in [2.24, 2.45) is 0 Å². The molecule has 60 valence electrons. The average molecular weight is 149 g/mol. The van der Waals surface area contributed by atoms with Crippen molar-refractivity contribution >= 4 is 0 Å². The van der Waals surface area contributed by atoms with Crippen LogP contribution in [0.5, 0.6) is 0 Å². The second kappa shape index (κ2) is 4.14. The Morgan fingerprint density at radius 2 is 2.55 bits per heavy atom. The van der Waals surface area contributed by atoms with Gasteiger partial charge >= 0.3 is 0 Å². The second-order valence-electron chi connectivity index (χ2n) is 2.63. The van der Waals surface area contributed by atoms with Crippen LogP contribution in [0.3, 0.4) is 0 Å². The molecule has 0 saturated heterocycles. The van der Waals surface area contributed by atoms with Gasteiger partial charge in [-0.2, -0.15) is 0 Å². The van der Waals surface area contributed by atoms with E-state index in [0.717, 1.165) is 19.5 Å². The predicted molar refractivity (Wildman–Crippen MR) is 49.5 cm³/mol. The summed E-state index contributed by atoms with van der Waals surface area (Å²) in [4.78, 5) is 0. The number of hydrogen-bond donors (Lipinski definition) is 1. The lowest BCUT2D eigenvalue weighted by Gasteiger charge is -2.14. The van der Waals surface area contributed by atoms with E-state index in [2.05, 4.69) is 31.0 Å². The molecular weight excluding hydrogens is 134 g/mol.